The highest BCUT2D eigenvalue weighted by molar-refractivity contribution is 7.85. The van der Waals surface area contributed by atoms with Crippen molar-refractivity contribution in [3.05, 3.63) is 0 Å². The van der Waals surface area contributed by atoms with E-state index < -0.39 is 22.5 Å². The van der Waals surface area contributed by atoms with Crippen LogP contribution in [0.3, 0.4) is 0 Å². The van der Waals surface area contributed by atoms with Crippen LogP contribution in [-0.4, -0.2) is 42.1 Å². The zero-order valence-electron chi connectivity index (χ0n) is 5.47. The van der Waals surface area contributed by atoms with Crippen LogP contribution < -0.4 is 5.48 Å². The lowest BCUT2D eigenvalue weighted by atomic mass is 10.9. The number of hydroxylamine groups is 1. The molecule has 7 nitrogen and oxygen atoms in total. The van der Waals surface area contributed by atoms with Crippen LogP contribution in [0.4, 0.5) is 0 Å². The Hall–Kier alpha value is -0.700. The van der Waals surface area contributed by atoms with Gasteiger partial charge >= 0.3 is 0 Å². The second-order valence-electron chi connectivity index (χ2n) is 1.26. The molecule has 1 amide bonds. The summed E-state index contributed by atoms with van der Waals surface area (Å²) in [5.41, 5.74) is 1.25. The van der Waals surface area contributed by atoms with Crippen LogP contribution in [0.5, 0.6) is 0 Å². The van der Waals surface area contributed by atoms with Crippen LogP contribution in [0.25, 0.3) is 0 Å². The third-order valence-electron chi connectivity index (χ3n) is 0.402. The van der Waals surface area contributed by atoms with E-state index in [0.717, 1.165) is 0 Å². The van der Waals surface area contributed by atoms with Crippen molar-refractivity contribution in [2.75, 3.05) is 12.4 Å². The van der Waals surface area contributed by atoms with E-state index in [2.05, 4.69) is 0 Å². The predicted octanol–water partition coefficient (Wildman–Crippen LogP) is -2.01. The van der Waals surface area contributed by atoms with Crippen LogP contribution >= 0.6 is 0 Å². The number of carbonyl (C=O) groups is 1. The highest BCUT2D eigenvalue weighted by Crippen LogP contribution is 1.75. The maximum Gasteiger partial charge on any atom is 0.267 e. The van der Waals surface area contributed by atoms with Crippen LogP contribution in [0.2, 0.25) is 0 Å². The first kappa shape index (κ1) is 12.9. The van der Waals surface area contributed by atoms with Crippen molar-refractivity contribution in [1.29, 1.82) is 0 Å². The Morgan fingerprint density at radius 1 is 1.45 bits per heavy atom. The molecule has 0 saturated heterocycles. The van der Waals surface area contributed by atoms with Crippen LogP contribution in [-0.2, 0) is 14.9 Å². The van der Waals surface area contributed by atoms with Gasteiger partial charge in [-0.1, -0.05) is 0 Å². The Morgan fingerprint density at radius 3 is 1.82 bits per heavy atom. The van der Waals surface area contributed by atoms with Gasteiger partial charge in [0, 0.05) is 0 Å². The summed E-state index contributed by atoms with van der Waals surface area (Å²) in [5, 5.41) is 15.1. The number of amides is 1. The van der Waals surface area contributed by atoms with E-state index in [0.29, 0.717) is 0 Å². The minimum absolute atomic E-state index is 0.181. The number of hydrogen-bond donors (Lipinski definition) is 4. The Bertz CT molecular complexity index is 174. The molecule has 0 aromatic rings. The van der Waals surface area contributed by atoms with Gasteiger partial charge < -0.3 is 5.11 Å². The van der Waals surface area contributed by atoms with E-state index in [1.54, 1.807) is 0 Å². The monoisotopic (exact) mass is 187 g/mol. The van der Waals surface area contributed by atoms with Crippen LogP contribution in [0.1, 0.15) is 0 Å². The van der Waals surface area contributed by atoms with Gasteiger partial charge in [0.15, 0.2) is 0 Å². The first-order chi connectivity index (χ1) is 4.97. The molecule has 0 radical (unpaired) electrons. The number of nitrogens with one attached hydrogen (secondary N) is 1. The van der Waals surface area contributed by atoms with Crippen molar-refractivity contribution < 1.29 is 28.1 Å². The van der Waals surface area contributed by atoms with Crippen molar-refractivity contribution in [3.8, 4) is 0 Å². The Kier molecular flexibility index (Phi) is 8.71. The van der Waals surface area contributed by atoms with Gasteiger partial charge in [-0.05, 0) is 0 Å². The first-order valence-electron chi connectivity index (χ1n) is 2.37. The van der Waals surface area contributed by atoms with Gasteiger partial charge in [0.1, 0.15) is 0 Å². The Morgan fingerprint density at radius 2 is 1.82 bits per heavy atom. The number of aliphatic hydroxyl groups excluding tert-OH is 1. The lowest BCUT2D eigenvalue weighted by Gasteiger charge is -1.85. The standard InChI is InChI=1S/C2H6O4S.CH3NO2/c3-1-2-7(4,5)6;3-1-2-4/h3H,1-2H2,(H,4,5,6);1,4H,(H,2,3). The zero-order chi connectivity index (χ0) is 9.33. The van der Waals surface area contributed by atoms with Crippen molar-refractivity contribution in [2.24, 2.45) is 0 Å². The molecular weight excluding hydrogens is 178 g/mol. The van der Waals surface area contributed by atoms with Crippen molar-refractivity contribution in [2.45, 2.75) is 0 Å². The summed E-state index contributed by atoms with van der Waals surface area (Å²) >= 11 is 0. The quantitative estimate of drug-likeness (QED) is 0.175. The summed E-state index contributed by atoms with van der Waals surface area (Å²) in [6, 6.07) is 0. The topological polar surface area (TPSA) is 124 Å². The number of aliphatic hydroxyl groups is 1. The normalized spacial score (nSPS) is 9.36. The third-order valence-corrected chi connectivity index (χ3v) is 1.10. The molecule has 0 aliphatic rings. The van der Waals surface area contributed by atoms with Gasteiger partial charge in [0.2, 0.25) is 6.41 Å². The molecule has 0 heterocycles. The maximum absolute atomic E-state index is 9.63. The van der Waals surface area contributed by atoms with Crippen molar-refractivity contribution in [3.63, 3.8) is 0 Å². The zero-order valence-corrected chi connectivity index (χ0v) is 6.28. The molecule has 0 atom stereocenters. The average molecular weight is 187 g/mol. The van der Waals surface area contributed by atoms with Crippen LogP contribution in [0, 0.1) is 0 Å². The Balaban J connectivity index is 0. The molecule has 0 spiro atoms. The van der Waals surface area contributed by atoms with E-state index >= 15 is 0 Å². The van der Waals surface area contributed by atoms with Gasteiger partial charge in [-0.15, -0.1) is 0 Å². The van der Waals surface area contributed by atoms with Gasteiger partial charge in [-0.3, -0.25) is 14.6 Å². The second-order valence-corrected chi connectivity index (χ2v) is 2.83. The number of carbonyl (C=O) groups excluding carboxylic acids is 1. The second kappa shape index (κ2) is 7.41. The molecule has 4 N–H and O–H groups in total. The highest BCUT2D eigenvalue weighted by atomic mass is 32.2. The van der Waals surface area contributed by atoms with Gasteiger partial charge in [-0.2, -0.15) is 8.42 Å². The van der Waals surface area contributed by atoms with Gasteiger partial charge in [0.25, 0.3) is 10.1 Å². The van der Waals surface area contributed by atoms with E-state index in [4.69, 9.17) is 19.7 Å². The predicted molar refractivity (Wildman–Crippen MR) is 34.5 cm³/mol. The van der Waals surface area contributed by atoms with E-state index in [-0.39, 0.29) is 6.41 Å². The minimum Gasteiger partial charge on any atom is -0.395 e. The van der Waals surface area contributed by atoms with E-state index in [1.165, 1.54) is 5.48 Å². The summed E-state index contributed by atoms with van der Waals surface area (Å²) in [5.74, 6) is -0.576. The number of rotatable bonds is 3. The molecule has 0 aromatic carbocycles. The molecule has 0 aromatic heterocycles. The molecule has 68 valence electrons. The van der Waals surface area contributed by atoms with Crippen molar-refractivity contribution in [1.82, 2.24) is 5.48 Å². The molecule has 0 aliphatic heterocycles. The molecule has 0 saturated carbocycles. The molecule has 11 heavy (non-hydrogen) atoms. The lowest BCUT2D eigenvalue weighted by molar-refractivity contribution is -0.116. The summed E-state index contributed by atoms with van der Waals surface area (Å²) in [6.45, 7) is -0.529. The fourth-order valence-electron chi connectivity index (χ4n) is 0.115. The molecule has 0 unspecified atom stereocenters. The SMILES string of the molecule is O=CNO.O=S(=O)(O)CCO. The van der Waals surface area contributed by atoms with E-state index in [9.17, 15) is 8.42 Å². The largest absolute Gasteiger partial charge is 0.395 e. The smallest absolute Gasteiger partial charge is 0.267 e. The first-order valence-corrected chi connectivity index (χ1v) is 3.98. The molecule has 0 fully saturated rings. The lowest BCUT2D eigenvalue weighted by Crippen LogP contribution is -2.06. The van der Waals surface area contributed by atoms with Crippen molar-refractivity contribution >= 4 is 16.5 Å². The highest BCUT2D eigenvalue weighted by Gasteiger charge is 1.99. The van der Waals surface area contributed by atoms with Gasteiger partial charge in [-0.25, -0.2) is 5.48 Å². The van der Waals surface area contributed by atoms with Gasteiger partial charge in [0.05, 0.1) is 12.4 Å². The maximum atomic E-state index is 9.63. The Labute approximate surface area is 63.4 Å². The summed E-state index contributed by atoms with van der Waals surface area (Å²) in [4.78, 5) is 8.81. The van der Waals surface area contributed by atoms with Crippen LogP contribution in [0.15, 0.2) is 0 Å². The number of hydrogen-bond acceptors (Lipinski definition) is 5. The molecule has 0 aliphatic carbocycles. The van der Waals surface area contributed by atoms with E-state index in [1.807, 2.05) is 0 Å². The fourth-order valence-corrected chi connectivity index (χ4v) is 0.346. The molecular formula is C3H9NO6S. The summed E-state index contributed by atoms with van der Waals surface area (Å²) in [7, 11) is -3.92. The minimum atomic E-state index is -3.92. The average Bonchev–Trinajstić information content (AvgIpc) is 1.86. The molecule has 0 bridgehead atoms. The summed E-state index contributed by atoms with van der Waals surface area (Å²) < 4.78 is 27.1. The summed E-state index contributed by atoms with van der Waals surface area (Å²) in [6.07, 6.45) is 0.181. The third kappa shape index (κ3) is 26.8. The molecule has 0 rings (SSSR count). The fraction of sp³-hybridized carbons (Fsp3) is 0.667. The molecule has 8 heteroatoms.